The summed E-state index contributed by atoms with van der Waals surface area (Å²) < 4.78 is 29.3. The van der Waals surface area contributed by atoms with Crippen LogP contribution in [0.1, 0.15) is 75.2 Å². The third kappa shape index (κ3) is 4.99. The fourth-order valence-electron chi connectivity index (χ4n) is 6.45. The topological polar surface area (TPSA) is 112 Å². The minimum Gasteiger partial charge on any atom is -0.507 e. The fourth-order valence-corrected chi connectivity index (χ4v) is 6.79. The summed E-state index contributed by atoms with van der Waals surface area (Å²) in [6.45, 7) is 12.1. The number of amides is 2. The number of phenolic OH excluding ortho intramolecular Hbond substituents is 1. The van der Waals surface area contributed by atoms with Gasteiger partial charge in [-0.25, -0.2) is 28.6 Å². The average molecular weight is 640 g/mol. The number of halogens is 2. The van der Waals surface area contributed by atoms with Crippen molar-refractivity contribution < 1.29 is 33.1 Å². The van der Waals surface area contributed by atoms with Crippen LogP contribution >= 0.6 is 11.6 Å². The first-order chi connectivity index (χ1) is 21.2. The molecule has 0 aliphatic carbocycles. The highest BCUT2D eigenvalue weighted by Gasteiger charge is 2.49. The first kappa shape index (κ1) is 30.8. The zero-order valence-electron chi connectivity index (χ0n) is 26.4. The van der Waals surface area contributed by atoms with Crippen LogP contribution in [0.15, 0.2) is 24.5 Å². The average Bonchev–Trinajstić information content (AvgIpc) is 3.11. The summed E-state index contributed by atoms with van der Waals surface area (Å²) in [6.07, 6.45) is 1.03. The molecule has 2 atom stereocenters. The number of hydrogen-bond donors (Lipinski definition) is 1. The number of carbonyl (C=O) groups is 2. The largest absolute Gasteiger partial charge is 0.507 e. The van der Waals surface area contributed by atoms with Gasteiger partial charge < -0.3 is 24.4 Å². The van der Waals surface area contributed by atoms with Gasteiger partial charge in [-0.15, -0.1) is 0 Å². The smallest absolute Gasteiger partial charge is 0.410 e. The maximum Gasteiger partial charge on any atom is 0.410 e. The van der Waals surface area contributed by atoms with E-state index in [9.17, 15) is 14.7 Å². The Hall–Kier alpha value is -4.19. The van der Waals surface area contributed by atoms with Crippen molar-refractivity contribution in [2.75, 3.05) is 38.2 Å². The molecule has 1 fully saturated rings. The molecule has 45 heavy (non-hydrogen) atoms. The Morgan fingerprint density at radius 3 is 2.62 bits per heavy atom. The number of nitrogens with zero attached hydrogens (tertiary/aromatic N) is 6. The van der Waals surface area contributed by atoms with Crippen LogP contribution in [-0.2, 0) is 4.74 Å². The number of carbonyl (C=O) groups excluding carboxylic acids is 2. The summed E-state index contributed by atoms with van der Waals surface area (Å²) in [5, 5.41) is 10.9. The molecule has 2 unspecified atom stereocenters. The summed E-state index contributed by atoms with van der Waals surface area (Å²) in [6, 6.07) is 2.99. The van der Waals surface area contributed by atoms with Gasteiger partial charge in [0.05, 0.1) is 18.8 Å². The van der Waals surface area contributed by atoms with Crippen LogP contribution in [0.2, 0.25) is 5.02 Å². The second-order valence-electron chi connectivity index (χ2n) is 13.0. The number of hydrogen-bond acceptors (Lipinski definition) is 8. The highest BCUT2D eigenvalue weighted by atomic mass is 35.5. The number of piperazine rings is 1. The summed E-state index contributed by atoms with van der Waals surface area (Å²) in [5.41, 5.74) is 1.73. The maximum atomic E-state index is 15.6. The van der Waals surface area contributed by atoms with Gasteiger partial charge in [-0.05, 0) is 45.7 Å². The van der Waals surface area contributed by atoms with E-state index in [1.54, 1.807) is 42.2 Å². The third-order valence-electron chi connectivity index (χ3n) is 8.45. The minimum atomic E-state index is -0.692. The standard InChI is InChI=1S/C32H36ClFN6O5/c1-16(2)24-27-25(36-15-35-24)17(3)40-26(21-19(34)9-8-10-20(21)41)23(33)28-22(29(40)37(27)7)30(42)39-12-11-38(13-18(39)14-44-28)31(43)45-32(4,5)6/h8-10,15-18H,11-14H2,1-7H3/p+1. The van der Waals surface area contributed by atoms with Crippen LogP contribution in [-0.4, -0.2) is 81.8 Å². The van der Waals surface area contributed by atoms with Crippen molar-refractivity contribution in [1.29, 1.82) is 0 Å². The molecule has 238 valence electrons. The zero-order chi connectivity index (χ0) is 32.5. The Morgan fingerprint density at radius 2 is 1.96 bits per heavy atom. The fraction of sp³-hybridized carbons (Fsp3) is 0.469. The van der Waals surface area contributed by atoms with Crippen LogP contribution in [0.4, 0.5) is 20.7 Å². The SMILES string of the molecule is CC(C)c1ncnc2c1N(C)c1c3c(c(Cl)c(-c4c(O)cccc4F)[n+]1C2C)OCC1CN(C(=O)OC(C)(C)C)CCN1C3=O. The predicted molar refractivity (Wildman–Crippen MR) is 165 cm³/mol. The van der Waals surface area contributed by atoms with Crippen molar-refractivity contribution in [1.82, 2.24) is 19.8 Å². The number of anilines is 2. The molecule has 6 rings (SSSR count). The number of benzene rings is 1. The van der Waals surface area contributed by atoms with Crippen LogP contribution < -0.4 is 14.2 Å². The Balaban J connectivity index is 1.57. The van der Waals surface area contributed by atoms with Crippen LogP contribution in [0.5, 0.6) is 11.5 Å². The number of pyridine rings is 1. The van der Waals surface area contributed by atoms with Crippen LogP contribution in [0.25, 0.3) is 11.3 Å². The van der Waals surface area contributed by atoms with E-state index in [0.717, 1.165) is 11.4 Å². The normalized spacial score (nSPS) is 19.3. The van der Waals surface area contributed by atoms with Gasteiger partial charge in [-0.2, -0.15) is 0 Å². The number of ether oxygens (including phenoxy) is 2. The highest BCUT2D eigenvalue weighted by molar-refractivity contribution is 6.35. The quantitative estimate of drug-likeness (QED) is 0.381. The van der Waals surface area contributed by atoms with Gasteiger partial charge >= 0.3 is 6.09 Å². The van der Waals surface area contributed by atoms with Gasteiger partial charge in [0.2, 0.25) is 0 Å². The maximum absolute atomic E-state index is 15.6. The Bertz CT molecular complexity index is 1710. The lowest BCUT2D eigenvalue weighted by Gasteiger charge is -2.40. The van der Waals surface area contributed by atoms with Crippen molar-refractivity contribution in [3.05, 3.63) is 52.3 Å². The third-order valence-corrected chi connectivity index (χ3v) is 8.80. The van der Waals surface area contributed by atoms with Gasteiger partial charge in [-0.1, -0.05) is 31.5 Å². The molecule has 1 N–H and O–H groups in total. The number of aromatic nitrogens is 3. The number of fused-ring (bicyclic) bond motifs is 5. The zero-order valence-corrected chi connectivity index (χ0v) is 27.1. The van der Waals surface area contributed by atoms with E-state index in [4.69, 9.17) is 21.1 Å². The van der Waals surface area contributed by atoms with E-state index >= 15 is 4.39 Å². The second kappa shape index (κ2) is 11.0. The van der Waals surface area contributed by atoms with Gasteiger partial charge in [0.25, 0.3) is 11.7 Å². The molecule has 2 aromatic heterocycles. The first-order valence-corrected chi connectivity index (χ1v) is 15.4. The molecule has 3 aliphatic heterocycles. The minimum absolute atomic E-state index is 0.0202. The van der Waals surface area contributed by atoms with Crippen molar-refractivity contribution in [2.24, 2.45) is 0 Å². The van der Waals surface area contributed by atoms with Gasteiger partial charge in [-0.3, -0.25) is 4.79 Å². The van der Waals surface area contributed by atoms with E-state index in [1.807, 2.05) is 25.7 Å². The summed E-state index contributed by atoms with van der Waals surface area (Å²) in [4.78, 5) is 41.8. The Morgan fingerprint density at radius 1 is 1.22 bits per heavy atom. The molecule has 0 spiro atoms. The molecule has 11 nitrogen and oxygen atoms in total. The molecule has 3 aromatic rings. The van der Waals surface area contributed by atoms with Gasteiger partial charge in [0.15, 0.2) is 22.7 Å². The predicted octanol–water partition coefficient (Wildman–Crippen LogP) is 5.20. The number of rotatable bonds is 2. The molecular weight excluding hydrogens is 603 g/mol. The van der Waals surface area contributed by atoms with E-state index in [2.05, 4.69) is 9.97 Å². The Kier molecular flexibility index (Phi) is 7.54. The second-order valence-corrected chi connectivity index (χ2v) is 13.3. The Labute approximate surface area is 266 Å². The van der Waals surface area contributed by atoms with E-state index < -0.39 is 29.6 Å². The molecular formula is C32H37ClFN6O5+. The molecule has 1 aromatic carbocycles. The number of phenols is 1. The number of aromatic hydroxyl groups is 1. The summed E-state index contributed by atoms with van der Waals surface area (Å²) in [7, 11) is 1.81. The summed E-state index contributed by atoms with van der Waals surface area (Å²) in [5.74, 6) is -0.831. The molecule has 13 heteroatoms. The highest BCUT2D eigenvalue weighted by Crippen LogP contribution is 2.49. The van der Waals surface area contributed by atoms with E-state index in [1.165, 1.54) is 24.5 Å². The first-order valence-electron chi connectivity index (χ1n) is 15.0. The van der Waals surface area contributed by atoms with Crippen LogP contribution in [0, 0.1) is 5.82 Å². The molecule has 1 saturated heterocycles. The van der Waals surface area contributed by atoms with E-state index in [0.29, 0.717) is 11.5 Å². The molecule has 2 amide bonds. The lowest BCUT2D eigenvalue weighted by atomic mass is 9.97. The van der Waals surface area contributed by atoms with Gasteiger partial charge in [0.1, 0.15) is 52.4 Å². The molecule has 0 saturated carbocycles. The van der Waals surface area contributed by atoms with Crippen molar-refractivity contribution >= 4 is 35.1 Å². The lowest BCUT2D eigenvalue weighted by Crippen LogP contribution is -2.58. The van der Waals surface area contributed by atoms with E-state index in [-0.39, 0.29) is 71.4 Å². The van der Waals surface area contributed by atoms with Crippen LogP contribution in [0.3, 0.4) is 0 Å². The summed E-state index contributed by atoms with van der Waals surface area (Å²) >= 11 is 7.12. The molecule has 3 aliphatic rings. The van der Waals surface area contributed by atoms with Crippen molar-refractivity contribution in [3.63, 3.8) is 0 Å². The molecule has 5 heterocycles. The molecule has 0 radical (unpaired) electrons. The van der Waals surface area contributed by atoms with Crippen molar-refractivity contribution in [3.8, 4) is 22.8 Å². The van der Waals surface area contributed by atoms with Crippen molar-refractivity contribution in [2.45, 2.75) is 65.1 Å². The monoisotopic (exact) mass is 639 g/mol. The van der Waals surface area contributed by atoms with Gasteiger partial charge in [0, 0.05) is 19.6 Å². The molecule has 0 bridgehead atoms. The lowest BCUT2D eigenvalue weighted by molar-refractivity contribution is -0.689.